The number of nitrogens with one attached hydrogen (secondary N) is 1. The zero-order chi connectivity index (χ0) is 16.1. The van der Waals surface area contributed by atoms with Crippen LogP contribution < -0.4 is 5.32 Å². The van der Waals surface area contributed by atoms with Gasteiger partial charge in [0.25, 0.3) is 5.91 Å². The molecule has 1 atom stereocenters. The summed E-state index contributed by atoms with van der Waals surface area (Å²) in [6.07, 6.45) is -0.900. The summed E-state index contributed by atoms with van der Waals surface area (Å²) in [5.41, 5.74) is 1.85. The Morgan fingerprint density at radius 3 is 2.36 bits per heavy atom. The Morgan fingerprint density at radius 2 is 1.73 bits per heavy atom. The molecule has 0 saturated carbocycles. The number of esters is 1. The average Bonchev–Trinajstić information content (AvgIpc) is 2.49. The summed E-state index contributed by atoms with van der Waals surface area (Å²) in [5, 5.41) is 3.25. The molecule has 0 aliphatic carbocycles. The zero-order valence-corrected chi connectivity index (χ0v) is 13.1. The van der Waals surface area contributed by atoms with Gasteiger partial charge in [-0.2, -0.15) is 0 Å². The Bertz CT molecular complexity index is 683. The van der Waals surface area contributed by atoms with Gasteiger partial charge in [-0.1, -0.05) is 29.8 Å². The lowest BCUT2D eigenvalue weighted by Crippen LogP contribution is -2.30. The van der Waals surface area contributed by atoms with Gasteiger partial charge in [-0.05, 0) is 49.7 Å². The van der Waals surface area contributed by atoms with Gasteiger partial charge in [0, 0.05) is 10.7 Å². The van der Waals surface area contributed by atoms with Crippen molar-refractivity contribution in [1.82, 2.24) is 0 Å². The summed E-state index contributed by atoms with van der Waals surface area (Å²) in [4.78, 5) is 24.1. The molecular formula is C17H16ClNO3. The van der Waals surface area contributed by atoms with Gasteiger partial charge >= 0.3 is 5.97 Å². The Hall–Kier alpha value is -2.33. The van der Waals surface area contributed by atoms with Crippen molar-refractivity contribution in [3.05, 3.63) is 64.7 Å². The fourth-order valence-corrected chi connectivity index (χ4v) is 1.98. The predicted molar refractivity (Wildman–Crippen MR) is 86.1 cm³/mol. The molecule has 1 amide bonds. The first-order chi connectivity index (χ1) is 10.5. The van der Waals surface area contributed by atoms with E-state index in [-0.39, 0.29) is 0 Å². The number of amides is 1. The molecular weight excluding hydrogens is 302 g/mol. The molecule has 0 fully saturated rings. The van der Waals surface area contributed by atoms with Gasteiger partial charge < -0.3 is 10.1 Å². The Labute approximate surface area is 134 Å². The van der Waals surface area contributed by atoms with E-state index in [9.17, 15) is 9.59 Å². The lowest BCUT2D eigenvalue weighted by Gasteiger charge is -2.14. The molecule has 0 aliphatic rings. The quantitative estimate of drug-likeness (QED) is 0.872. The molecule has 5 heteroatoms. The van der Waals surface area contributed by atoms with Gasteiger partial charge in [0.2, 0.25) is 0 Å². The number of benzene rings is 2. The Balaban J connectivity index is 1.98. The number of rotatable bonds is 4. The maximum absolute atomic E-state index is 12.1. The monoisotopic (exact) mass is 317 g/mol. The number of hydrogen-bond donors (Lipinski definition) is 1. The fourth-order valence-electron chi connectivity index (χ4n) is 1.86. The van der Waals surface area contributed by atoms with E-state index in [1.165, 1.54) is 6.92 Å². The first-order valence-corrected chi connectivity index (χ1v) is 7.18. The SMILES string of the molecule is Cc1ccccc1C(=O)O[C@@H](C)C(=O)Nc1ccc(Cl)cc1. The van der Waals surface area contributed by atoms with Gasteiger partial charge in [-0.3, -0.25) is 4.79 Å². The summed E-state index contributed by atoms with van der Waals surface area (Å²) in [6.45, 7) is 3.34. The van der Waals surface area contributed by atoms with E-state index in [1.807, 2.05) is 19.1 Å². The molecule has 4 nitrogen and oxygen atoms in total. The summed E-state index contributed by atoms with van der Waals surface area (Å²) in [7, 11) is 0. The summed E-state index contributed by atoms with van der Waals surface area (Å²) < 4.78 is 5.20. The molecule has 114 valence electrons. The van der Waals surface area contributed by atoms with Crippen molar-refractivity contribution in [3.8, 4) is 0 Å². The number of carbonyl (C=O) groups is 2. The highest BCUT2D eigenvalue weighted by Gasteiger charge is 2.19. The maximum atomic E-state index is 12.1. The van der Waals surface area contributed by atoms with Gasteiger partial charge in [0.1, 0.15) is 0 Å². The van der Waals surface area contributed by atoms with Crippen molar-refractivity contribution in [2.75, 3.05) is 5.32 Å². The minimum absolute atomic E-state index is 0.399. The third-order valence-electron chi connectivity index (χ3n) is 3.13. The molecule has 1 N–H and O–H groups in total. The van der Waals surface area contributed by atoms with E-state index < -0.39 is 18.0 Å². The number of hydrogen-bond acceptors (Lipinski definition) is 3. The van der Waals surface area contributed by atoms with Crippen LogP contribution in [0.1, 0.15) is 22.8 Å². The van der Waals surface area contributed by atoms with Gasteiger partial charge in [0.05, 0.1) is 5.56 Å². The minimum Gasteiger partial charge on any atom is -0.449 e. The molecule has 2 aromatic carbocycles. The van der Waals surface area contributed by atoms with Crippen molar-refractivity contribution in [2.24, 2.45) is 0 Å². The molecule has 0 spiro atoms. The number of aryl methyl sites for hydroxylation is 1. The Morgan fingerprint density at radius 1 is 1.09 bits per heavy atom. The van der Waals surface area contributed by atoms with Crippen molar-refractivity contribution >= 4 is 29.2 Å². The molecule has 0 aromatic heterocycles. The normalized spacial score (nSPS) is 11.6. The van der Waals surface area contributed by atoms with Gasteiger partial charge in [0.15, 0.2) is 6.10 Å². The smallest absolute Gasteiger partial charge is 0.339 e. The fraction of sp³-hybridized carbons (Fsp3) is 0.176. The van der Waals surface area contributed by atoms with Crippen LogP contribution in [0.5, 0.6) is 0 Å². The van der Waals surface area contributed by atoms with Crippen LogP contribution in [-0.4, -0.2) is 18.0 Å². The lowest BCUT2D eigenvalue weighted by atomic mass is 10.1. The molecule has 0 radical (unpaired) electrons. The van der Waals surface area contributed by atoms with E-state index >= 15 is 0 Å². The number of anilines is 1. The largest absolute Gasteiger partial charge is 0.449 e. The molecule has 2 rings (SSSR count). The second-order valence-electron chi connectivity index (χ2n) is 4.86. The molecule has 0 aliphatic heterocycles. The van der Waals surface area contributed by atoms with Crippen LogP contribution in [0.15, 0.2) is 48.5 Å². The van der Waals surface area contributed by atoms with Crippen molar-refractivity contribution in [3.63, 3.8) is 0 Å². The second-order valence-corrected chi connectivity index (χ2v) is 5.30. The molecule has 2 aromatic rings. The van der Waals surface area contributed by atoms with Crippen molar-refractivity contribution in [2.45, 2.75) is 20.0 Å². The van der Waals surface area contributed by atoms with Crippen LogP contribution in [0, 0.1) is 6.92 Å². The van der Waals surface area contributed by atoms with Crippen molar-refractivity contribution in [1.29, 1.82) is 0 Å². The standard InChI is InChI=1S/C17H16ClNO3/c1-11-5-3-4-6-15(11)17(21)22-12(2)16(20)19-14-9-7-13(18)8-10-14/h3-10,12H,1-2H3,(H,19,20)/t12-/m0/s1. The number of halogens is 1. The third-order valence-corrected chi connectivity index (χ3v) is 3.38. The van der Waals surface area contributed by atoms with E-state index in [4.69, 9.17) is 16.3 Å². The highest BCUT2D eigenvalue weighted by atomic mass is 35.5. The average molecular weight is 318 g/mol. The van der Waals surface area contributed by atoms with E-state index in [2.05, 4.69) is 5.32 Å². The zero-order valence-electron chi connectivity index (χ0n) is 12.3. The van der Waals surface area contributed by atoms with Crippen LogP contribution in [0.25, 0.3) is 0 Å². The first-order valence-electron chi connectivity index (χ1n) is 6.80. The summed E-state index contributed by atoms with van der Waals surface area (Å²) >= 11 is 5.78. The van der Waals surface area contributed by atoms with Crippen LogP contribution in [0.2, 0.25) is 5.02 Å². The number of carbonyl (C=O) groups excluding carboxylic acids is 2. The highest BCUT2D eigenvalue weighted by molar-refractivity contribution is 6.30. The third kappa shape index (κ3) is 4.09. The predicted octanol–water partition coefficient (Wildman–Crippen LogP) is 3.83. The molecule has 0 saturated heterocycles. The lowest BCUT2D eigenvalue weighted by molar-refractivity contribution is -0.123. The molecule has 22 heavy (non-hydrogen) atoms. The van der Waals surface area contributed by atoms with Crippen LogP contribution in [-0.2, 0) is 9.53 Å². The molecule has 0 heterocycles. The minimum atomic E-state index is -0.900. The summed E-state index contributed by atoms with van der Waals surface area (Å²) in [5.74, 6) is -0.916. The van der Waals surface area contributed by atoms with E-state index in [1.54, 1.807) is 36.4 Å². The van der Waals surface area contributed by atoms with Gasteiger partial charge in [-0.15, -0.1) is 0 Å². The maximum Gasteiger partial charge on any atom is 0.339 e. The number of ether oxygens (including phenoxy) is 1. The van der Waals surface area contributed by atoms with Gasteiger partial charge in [-0.25, -0.2) is 4.79 Å². The topological polar surface area (TPSA) is 55.4 Å². The van der Waals surface area contributed by atoms with E-state index in [0.29, 0.717) is 16.3 Å². The summed E-state index contributed by atoms with van der Waals surface area (Å²) in [6, 6.07) is 13.8. The highest BCUT2D eigenvalue weighted by Crippen LogP contribution is 2.15. The van der Waals surface area contributed by atoms with Crippen LogP contribution in [0.3, 0.4) is 0 Å². The van der Waals surface area contributed by atoms with Crippen molar-refractivity contribution < 1.29 is 14.3 Å². The second kappa shape index (κ2) is 7.09. The first kappa shape index (κ1) is 16.0. The molecule has 0 unspecified atom stereocenters. The molecule has 0 bridgehead atoms. The van der Waals surface area contributed by atoms with Crippen LogP contribution in [0.4, 0.5) is 5.69 Å². The van der Waals surface area contributed by atoms with Crippen LogP contribution >= 0.6 is 11.6 Å². The van der Waals surface area contributed by atoms with E-state index in [0.717, 1.165) is 5.56 Å². The Kier molecular flexibility index (Phi) is 5.17.